The van der Waals surface area contributed by atoms with Gasteiger partial charge in [-0.2, -0.15) is 0 Å². The summed E-state index contributed by atoms with van der Waals surface area (Å²) in [6, 6.07) is 15.7. The van der Waals surface area contributed by atoms with Crippen LogP contribution in [0.25, 0.3) is 11.0 Å². The van der Waals surface area contributed by atoms with Gasteiger partial charge < -0.3 is 9.47 Å². The van der Waals surface area contributed by atoms with Crippen molar-refractivity contribution in [1.82, 2.24) is 9.55 Å². The summed E-state index contributed by atoms with van der Waals surface area (Å²) in [6.07, 6.45) is 2.18. The molecule has 0 saturated carbocycles. The van der Waals surface area contributed by atoms with Crippen LogP contribution in [0, 0.1) is 0 Å². The quantitative estimate of drug-likeness (QED) is 0.739. The number of imidazole rings is 1. The van der Waals surface area contributed by atoms with Gasteiger partial charge in [-0.05, 0) is 23.8 Å². The number of anilines is 1. The molecule has 21 heavy (non-hydrogen) atoms. The fourth-order valence-corrected chi connectivity index (χ4v) is 2.37. The third-order valence-corrected chi connectivity index (χ3v) is 3.67. The molecule has 0 spiro atoms. The van der Waals surface area contributed by atoms with E-state index >= 15 is 0 Å². The summed E-state index contributed by atoms with van der Waals surface area (Å²) in [6.45, 7) is 0. The molecule has 0 N–H and O–H groups in total. The van der Waals surface area contributed by atoms with Gasteiger partial charge in [0.15, 0.2) is 0 Å². The first-order valence-electron chi connectivity index (χ1n) is 6.87. The van der Waals surface area contributed by atoms with Crippen LogP contribution in [0.3, 0.4) is 0 Å². The molecular formula is C17H17N3O. The molecule has 1 aromatic heterocycles. The zero-order valence-corrected chi connectivity index (χ0v) is 12.2. The predicted octanol–water partition coefficient (Wildman–Crippen LogP) is 2.78. The lowest BCUT2D eigenvalue weighted by Crippen LogP contribution is -2.27. The molecule has 4 nitrogen and oxygen atoms in total. The lowest BCUT2D eigenvalue weighted by atomic mass is 10.1. The van der Waals surface area contributed by atoms with E-state index in [1.165, 1.54) is 0 Å². The van der Waals surface area contributed by atoms with Crippen molar-refractivity contribution in [2.45, 2.75) is 6.42 Å². The maximum atomic E-state index is 12.4. The zero-order chi connectivity index (χ0) is 14.8. The van der Waals surface area contributed by atoms with Gasteiger partial charge in [-0.15, -0.1) is 0 Å². The van der Waals surface area contributed by atoms with Crippen LogP contribution in [0.4, 0.5) is 5.69 Å². The number of fused-ring (bicyclic) bond motifs is 1. The summed E-state index contributed by atoms with van der Waals surface area (Å²) >= 11 is 0. The second-order valence-corrected chi connectivity index (χ2v) is 5.14. The van der Waals surface area contributed by atoms with E-state index in [9.17, 15) is 4.79 Å². The van der Waals surface area contributed by atoms with E-state index in [0.717, 1.165) is 22.3 Å². The minimum Gasteiger partial charge on any atom is -0.334 e. The van der Waals surface area contributed by atoms with Gasteiger partial charge in [0.1, 0.15) is 0 Å². The molecule has 3 rings (SSSR count). The molecule has 0 radical (unpaired) electrons. The number of aryl methyl sites for hydroxylation is 1. The van der Waals surface area contributed by atoms with Crippen LogP contribution in [0.2, 0.25) is 0 Å². The smallest absolute Gasteiger partial charge is 0.231 e. The van der Waals surface area contributed by atoms with Gasteiger partial charge in [0, 0.05) is 19.8 Å². The first-order valence-corrected chi connectivity index (χ1v) is 6.87. The highest BCUT2D eigenvalue weighted by molar-refractivity contribution is 5.96. The molecule has 2 aromatic carbocycles. The summed E-state index contributed by atoms with van der Waals surface area (Å²) in [5.74, 6) is 0.0662. The van der Waals surface area contributed by atoms with E-state index in [0.29, 0.717) is 6.42 Å². The van der Waals surface area contributed by atoms with E-state index < -0.39 is 0 Å². The first kappa shape index (κ1) is 13.4. The van der Waals surface area contributed by atoms with Crippen molar-refractivity contribution < 1.29 is 4.79 Å². The van der Waals surface area contributed by atoms with E-state index in [2.05, 4.69) is 4.98 Å². The highest BCUT2D eigenvalue weighted by atomic mass is 16.2. The molecule has 1 amide bonds. The fraction of sp³-hybridized carbons (Fsp3) is 0.176. The zero-order valence-electron chi connectivity index (χ0n) is 12.2. The molecule has 3 aromatic rings. The Balaban J connectivity index is 1.82. The van der Waals surface area contributed by atoms with Crippen molar-refractivity contribution >= 4 is 22.6 Å². The molecule has 0 saturated heterocycles. The van der Waals surface area contributed by atoms with Crippen molar-refractivity contribution in [3.05, 3.63) is 60.4 Å². The maximum Gasteiger partial charge on any atom is 0.231 e. The summed E-state index contributed by atoms with van der Waals surface area (Å²) in [7, 11) is 3.76. The second-order valence-electron chi connectivity index (χ2n) is 5.14. The maximum absolute atomic E-state index is 12.4. The number of carbonyl (C=O) groups is 1. The van der Waals surface area contributed by atoms with Crippen molar-refractivity contribution in [2.24, 2.45) is 7.05 Å². The minimum absolute atomic E-state index is 0.0662. The summed E-state index contributed by atoms with van der Waals surface area (Å²) in [4.78, 5) is 18.4. The van der Waals surface area contributed by atoms with Crippen LogP contribution >= 0.6 is 0 Å². The highest BCUT2D eigenvalue weighted by Gasteiger charge is 2.12. The van der Waals surface area contributed by atoms with E-state index in [-0.39, 0.29) is 5.91 Å². The standard InChI is InChI=1S/C17H17N3O/c1-19-12-18-15-11-14(8-9-16(15)19)20(2)17(21)10-13-6-4-3-5-7-13/h3-9,11-12H,10H2,1-2H3. The Labute approximate surface area is 123 Å². The fourth-order valence-electron chi connectivity index (χ4n) is 2.37. The van der Waals surface area contributed by atoms with Gasteiger partial charge in [0.05, 0.1) is 23.8 Å². The molecule has 0 aliphatic rings. The summed E-state index contributed by atoms with van der Waals surface area (Å²) in [5.41, 5.74) is 3.84. The third kappa shape index (κ3) is 2.65. The molecule has 106 valence electrons. The number of aromatic nitrogens is 2. The van der Waals surface area contributed by atoms with Crippen LogP contribution in [0.5, 0.6) is 0 Å². The number of likely N-dealkylation sites (N-methyl/N-ethyl adjacent to an activating group) is 1. The molecule has 4 heteroatoms. The first-order chi connectivity index (χ1) is 10.1. The molecular weight excluding hydrogens is 262 g/mol. The van der Waals surface area contributed by atoms with Crippen LogP contribution in [-0.2, 0) is 18.3 Å². The molecule has 0 atom stereocenters. The van der Waals surface area contributed by atoms with Gasteiger partial charge >= 0.3 is 0 Å². The van der Waals surface area contributed by atoms with Gasteiger partial charge in [0.25, 0.3) is 0 Å². The normalized spacial score (nSPS) is 10.8. The molecule has 0 unspecified atom stereocenters. The predicted molar refractivity (Wildman–Crippen MR) is 84.3 cm³/mol. The topological polar surface area (TPSA) is 38.1 Å². The molecule has 0 fully saturated rings. The Bertz CT molecular complexity index is 777. The Morgan fingerprint density at radius 1 is 1.19 bits per heavy atom. The van der Waals surface area contributed by atoms with Crippen LogP contribution in [-0.4, -0.2) is 22.5 Å². The Morgan fingerprint density at radius 3 is 2.71 bits per heavy atom. The van der Waals surface area contributed by atoms with Crippen molar-refractivity contribution in [1.29, 1.82) is 0 Å². The number of rotatable bonds is 3. The van der Waals surface area contributed by atoms with Gasteiger partial charge in [-0.3, -0.25) is 4.79 Å². The number of amides is 1. The van der Waals surface area contributed by atoms with E-state index in [1.807, 2.05) is 60.1 Å². The average Bonchev–Trinajstić information content (AvgIpc) is 2.88. The van der Waals surface area contributed by atoms with Crippen molar-refractivity contribution in [3.8, 4) is 0 Å². The Hall–Kier alpha value is -2.62. The van der Waals surface area contributed by atoms with E-state index in [4.69, 9.17) is 0 Å². The summed E-state index contributed by atoms with van der Waals surface area (Å²) in [5, 5.41) is 0. The van der Waals surface area contributed by atoms with Crippen molar-refractivity contribution in [2.75, 3.05) is 11.9 Å². The number of hydrogen-bond acceptors (Lipinski definition) is 2. The van der Waals surface area contributed by atoms with Crippen molar-refractivity contribution in [3.63, 3.8) is 0 Å². The average molecular weight is 279 g/mol. The van der Waals surface area contributed by atoms with Crippen LogP contribution < -0.4 is 4.90 Å². The molecule has 0 bridgehead atoms. The Kier molecular flexibility index (Phi) is 3.44. The lowest BCUT2D eigenvalue weighted by molar-refractivity contribution is -0.117. The Morgan fingerprint density at radius 2 is 1.95 bits per heavy atom. The lowest BCUT2D eigenvalue weighted by Gasteiger charge is -2.17. The highest BCUT2D eigenvalue weighted by Crippen LogP contribution is 2.20. The monoisotopic (exact) mass is 279 g/mol. The SMILES string of the molecule is CN(C(=O)Cc1ccccc1)c1ccc2c(c1)ncn2C. The van der Waals surface area contributed by atoms with Crippen LogP contribution in [0.1, 0.15) is 5.56 Å². The molecule has 1 heterocycles. The summed E-state index contributed by atoms with van der Waals surface area (Å²) < 4.78 is 1.96. The molecule has 0 aliphatic carbocycles. The number of benzene rings is 2. The third-order valence-electron chi connectivity index (χ3n) is 3.67. The number of nitrogens with zero attached hydrogens (tertiary/aromatic N) is 3. The van der Waals surface area contributed by atoms with Crippen LogP contribution in [0.15, 0.2) is 54.9 Å². The van der Waals surface area contributed by atoms with Gasteiger partial charge in [-0.1, -0.05) is 30.3 Å². The second kappa shape index (κ2) is 5.40. The largest absolute Gasteiger partial charge is 0.334 e. The number of carbonyl (C=O) groups excluding carboxylic acids is 1. The minimum atomic E-state index is 0.0662. The number of hydrogen-bond donors (Lipinski definition) is 0. The van der Waals surface area contributed by atoms with Gasteiger partial charge in [0.2, 0.25) is 5.91 Å². The van der Waals surface area contributed by atoms with Gasteiger partial charge in [-0.25, -0.2) is 4.98 Å². The molecule has 0 aliphatic heterocycles. The van der Waals surface area contributed by atoms with E-state index in [1.54, 1.807) is 18.3 Å².